The second kappa shape index (κ2) is 3.44. The van der Waals surface area contributed by atoms with Crippen molar-refractivity contribution >= 4 is 11.8 Å². The van der Waals surface area contributed by atoms with Crippen LogP contribution in [0.15, 0.2) is 0 Å². The fourth-order valence-corrected chi connectivity index (χ4v) is 2.19. The summed E-state index contributed by atoms with van der Waals surface area (Å²) in [6.45, 7) is 0.641. The maximum atomic E-state index is 9.27. The molecule has 1 aliphatic rings. The van der Waals surface area contributed by atoms with E-state index in [0.717, 1.165) is 12.2 Å². The van der Waals surface area contributed by atoms with Crippen molar-refractivity contribution in [3.8, 4) is 0 Å². The van der Waals surface area contributed by atoms with Gasteiger partial charge in [0.05, 0.1) is 6.10 Å². The molecule has 2 unspecified atom stereocenters. The standard InChI is InChI=1S/C6H13NOS/c7-3-5-1-2-9-4-6(5)8/h5-6,8H,1-4,7H2. The van der Waals surface area contributed by atoms with Gasteiger partial charge in [-0.2, -0.15) is 11.8 Å². The molecule has 9 heavy (non-hydrogen) atoms. The van der Waals surface area contributed by atoms with Gasteiger partial charge in [0.2, 0.25) is 0 Å². The summed E-state index contributed by atoms with van der Waals surface area (Å²) in [5.74, 6) is 2.41. The zero-order valence-corrected chi connectivity index (χ0v) is 6.23. The Hall–Kier alpha value is 0.270. The lowest BCUT2D eigenvalue weighted by Crippen LogP contribution is -2.33. The summed E-state index contributed by atoms with van der Waals surface area (Å²) < 4.78 is 0. The van der Waals surface area contributed by atoms with E-state index in [0.29, 0.717) is 12.5 Å². The minimum Gasteiger partial charge on any atom is -0.392 e. The van der Waals surface area contributed by atoms with Crippen LogP contribution < -0.4 is 5.73 Å². The van der Waals surface area contributed by atoms with Crippen molar-refractivity contribution in [2.24, 2.45) is 11.7 Å². The predicted molar refractivity (Wildman–Crippen MR) is 40.5 cm³/mol. The molecule has 3 N–H and O–H groups in total. The molecule has 0 aliphatic carbocycles. The molecular weight excluding hydrogens is 134 g/mol. The van der Waals surface area contributed by atoms with Crippen molar-refractivity contribution in [2.45, 2.75) is 12.5 Å². The van der Waals surface area contributed by atoms with Gasteiger partial charge in [0, 0.05) is 5.75 Å². The van der Waals surface area contributed by atoms with Gasteiger partial charge in [-0.25, -0.2) is 0 Å². The molecule has 1 heterocycles. The van der Waals surface area contributed by atoms with Crippen LogP contribution in [0, 0.1) is 5.92 Å². The molecule has 1 aliphatic heterocycles. The van der Waals surface area contributed by atoms with Crippen LogP contribution in [0.25, 0.3) is 0 Å². The first-order valence-electron chi connectivity index (χ1n) is 3.30. The molecule has 2 nitrogen and oxygen atoms in total. The van der Waals surface area contributed by atoms with Gasteiger partial charge in [-0.3, -0.25) is 0 Å². The van der Waals surface area contributed by atoms with Crippen LogP contribution in [0.4, 0.5) is 0 Å². The van der Waals surface area contributed by atoms with Crippen molar-refractivity contribution in [3.05, 3.63) is 0 Å². The first kappa shape index (κ1) is 7.38. The minimum atomic E-state index is -0.145. The summed E-state index contributed by atoms with van der Waals surface area (Å²) in [7, 11) is 0. The third-order valence-corrected chi connectivity index (χ3v) is 2.87. The van der Waals surface area contributed by atoms with Gasteiger partial charge in [0.15, 0.2) is 0 Å². The molecule has 1 fully saturated rings. The summed E-state index contributed by atoms with van der Waals surface area (Å²) in [6.07, 6.45) is 0.941. The van der Waals surface area contributed by atoms with Crippen LogP contribution in [-0.4, -0.2) is 29.3 Å². The van der Waals surface area contributed by atoms with Crippen molar-refractivity contribution in [2.75, 3.05) is 18.1 Å². The van der Waals surface area contributed by atoms with Crippen molar-refractivity contribution in [1.29, 1.82) is 0 Å². The summed E-state index contributed by atoms with van der Waals surface area (Å²) in [6, 6.07) is 0. The Balaban J connectivity index is 2.30. The topological polar surface area (TPSA) is 46.2 Å². The van der Waals surface area contributed by atoms with Crippen LogP contribution in [0.3, 0.4) is 0 Å². The highest BCUT2D eigenvalue weighted by Gasteiger charge is 2.21. The first-order chi connectivity index (χ1) is 4.34. The average molecular weight is 147 g/mol. The number of aliphatic hydroxyl groups excluding tert-OH is 1. The molecule has 2 atom stereocenters. The van der Waals surface area contributed by atoms with E-state index in [2.05, 4.69) is 0 Å². The summed E-state index contributed by atoms with van der Waals surface area (Å²) in [5.41, 5.74) is 5.42. The van der Waals surface area contributed by atoms with Gasteiger partial charge in [-0.05, 0) is 24.6 Å². The zero-order valence-electron chi connectivity index (χ0n) is 5.42. The van der Waals surface area contributed by atoms with Gasteiger partial charge in [-0.1, -0.05) is 0 Å². The third kappa shape index (κ3) is 1.85. The van der Waals surface area contributed by atoms with E-state index in [1.807, 2.05) is 11.8 Å². The van der Waals surface area contributed by atoms with Gasteiger partial charge in [0.25, 0.3) is 0 Å². The molecular formula is C6H13NOS. The van der Waals surface area contributed by atoms with E-state index in [-0.39, 0.29) is 6.10 Å². The first-order valence-corrected chi connectivity index (χ1v) is 4.46. The lowest BCUT2D eigenvalue weighted by molar-refractivity contribution is 0.128. The fraction of sp³-hybridized carbons (Fsp3) is 1.00. The Kier molecular flexibility index (Phi) is 2.82. The zero-order chi connectivity index (χ0) is 6.69. The van der Waals surface area contributed by atoms with Crippen LogP contribution in [-0.2, 0) is 0 Å². The van der Waals surface area contributed by atoms with E-state index in [1.54, 1.807) is 0 Å². The SMILES string of the molecule is NCC1CCSCC1O. The second-order valence-corrected chi connectivity index (χ2v) is 3.58. The highest BCUT2D eigenvalue weighted by Crippen LogP contribution is 2.21. The highest BCUT2D eigenvalue weighted by molar-refractivity contribution is 7.99. The number of hydrogen-bond acceptors (Lipinski definition) is 3. The number of nitrogens with two attached hydrogens (primary N) is 1. The van der Waals surface area contributed by atoms with E-state index in [4.69, 9.17) is 5.73 Å². The third-order valence-electron chi connectivity index (χ3n) is 1.77. The van der Waals surface area contributed by atoms with Crippen LogP contribution >= 0.6 is 11.8 Å². The molecule has 0 aromatic heterocycles. The second-order valence-electron chi connectivity index (χ2n) is 2.43. The largest absolute Gasteiger partial charge is 0.392 e. The highest BCUT2D eigenvalue weighted by atomic mass is 32.2. The van der Waals surface area contributed by atoms with Crippen LogP contribution in [0.1, 0.15) is 6.42 Å². The van der Waals surface area contributed by atoms with E-state index < -0.39 is 0 Å². The van der Waals surface area contributed by atoms with Crippen molar-refractivity contribution < 1.29 is 5.11 Å². The predicted octanol–water partition coefficient (Wildman–Crippen LogP) is 0.0591. The number of thioether (sulfide) groups is 1. The van der Waals surface area contributed by atoms with Crippen LogP contribution in [0.2, 0.25) is 0 Å². The maximum Gasteiger partial charge on any atom is 0.0671 e. The smallest absolute Gasteiger partial charge is 0.0671 e. The molecule has 0 amide bonds. The number of rotatable bonds is 1. The van der Waals surface area contributed by atoms with Gasteiger partial charge in [-0.15, -0.1) is 0 Å². The Bertz CT molecular complexity index is 89.1. The van der Waals surface area contributed by atoms with E-state index in [9.17, 15) is 5.11 Å². The summed E-state index contributed by atoms with van der Waals surface area (Å²) in [5, 5.41) is 9.27. The Labute approximate surface area is 59.8 Å². The minimum absolute atomic E-state index is 0.145. The van der Waals surface area contributed by atoms with Crippen LogP contribution in [0.5, 0.6) is 0 Å². The molecule has 0 saturated carbocycles. The maximum absolute atomic E-state index is 9.27. The lowest BCUT2D eigenvalue weighted by atomic mass is 10.0. The molecule has 1 rings (SSSR count). The van der Waals surface area contributed by atoms with E-state index >= 15 is 0 Å². The van der Waals surface area contributed by atoms with Crippen molar-refractivity contribution in [3.63, 3.8) is 0 Å². The van der Waals surface area contributed by atoms with Gasteiger partial charge < -0.3 is 10.8 Å². The normalized spacial score (nSPS) is 36.7. The van der Waals surface area contributed by atoms with Gasteiger partial charge >= 0.3 is 0 Å². The van der Waals surface area contributed by atoms with E-state index in [1.165, 1.54) is 5.75 Å². The Morgan fingerprint density at radius 2 is 2.44 bits per heavy atom. The summed E-state index contributed by atoms with van der Waals surface area (Å²) in [4.78, 5) is 0. The number of hydrogen-bond donors (Lipinski definition) is 2. The molecule has 3 heteroatoms. The average Bonchev–Trinajstić information content (AvgIpc) is 1.89. The molecule has 54 valence electrons. The Morgan fingerprint density at radius 1 is 1.67 bits per heavy atom. The van der Waals surface area contributed by atoms with Gasteiger partial charge in [0.1, 0.15) is 0 Å². The molecule has 0 radical (unpaired) electrons. The molecule has 0 aromatic carbocycles. The quantitative estimate of drug-likeness (QED) is 0.551. The molecule has 1 saturated heterocycles. The summed E-state index contributed by atoms with van der Waals surface area (Å²) >= 11 is 1.82. The fourth-order valence-electron chi connectivity index (χ4n) is 1.04. The van der Waals surface area contributed by atoms with Crippen molar-refractivity contribution in [1.82, 2.24) is 0 Å². The molecule has 0 spiro atoms. The Morgan fingerprint density at radius 3 is 2.89 bits per heavy atom. The molecule has 0 bridgehead atoms. The monoisotopic (exact) mass is 147 g/mol. The number of aliphatic hydroxyl groups is 1. The lowest BCUT2D eigenvalue weighted by Gasteiger charge is -2.25. The molecule has 0 aromatic rings.